The summed E-state index contributed by atoms with van der Waals surface area (Å²) in [4.78, 5) is 25.9. The van der Waals surface area contributed by atoms with E-state index in [9.17, 15) is 4.79 Å². The maximum Gasteiger partial charge on any atom is 0.410 e. The lowest BCUT2D eigenvalue weighted by Crippen LogP contribution is -2.50. The average molecular weight is 487 g/mol. The van der Waals surface area contributed by atoms with Gasteiger partial charge < -0.3 is 19.9 Å². The lowest BCUT2D eigenvalue weighted by molar-refractivity contribution is 0.0513. The molecule has 8 nitrogen and oxygen atoms in total. The number of benzene rings is 1. The van der Waals surface area contributed by atoms with Crippen LogP contribution in [0.4, 0.5) is 4.79 Å². The first-order chi connectivity index (χ1) is 17.3. The van der Waals surface area contributed by atoms with Gasteiger partial charge in [-0.2, -0.15) is 0 Å². The van der Waals surface area contributed by atoms with Crippen LogP contribution in [-0.4, -0.2) is 62.7 Å². The van der Waals surface area contributed by atoms with Gasteiger partial charge in [0.2, 0.25) is 0 Å². The zero-order valence-corrected chi connectivity index (χ0v) is 21.4. The van der Waals surface area contributed by atoms with Crippen molar-refractivity contribution in [3.63, 3.8) is 0 Å². The molecule has 3 aromatic rings. The molecule has 36 heavy (non-hydrogen) atoms. The number of rotatable bonds is 4. The summed E-state index contributed by atoms with van der Waals surface area (Å²) in [6.07, 6.45) is 7.29. The highest BCUT2D eigenvalue weighted by Gasteiger charge is 2.35. The fraction of sp³-hybridized carbons (Fsp3) is 0.393. The highest BCUT2D eigenvalue weighted by Crippen LogP contribution is 2.43. The fourth-order valence-electron chi connectivity index (χ4n) is 5.22. The lowest BCUT2D eigenvalue weighted by atomic mass is 9.89. The van der Waals surface area contributed by atoms with Crippen molar-refractivity contribution >= 4 is 17.7 Å². The minimum absolute atomic E-state index is 0.0486. The number of ether oxygens (including phenoxy) is 1. The summed E-state index contributed by atoms with van der Waals surface area (Å²) in [5, 5.41) is 0. The van der Waals surface area contributed by atoms with Crippen molar-refractivity contribution in [3.8, 4) is 0 Å². The molecule has 0 spiro atoms. The fourth-order valence-corrected chi connectivity index (χ4v) is 5.22. The maximum absolute atomic E-state index is 12.5. The number of nitrogens with zero attached hydrogens (tertiary/aromatic N) is 5. The van der Waals surface area contributed by atoms with Gasteiger partial charge in [-0.05, 0) is 55.2 Å². The van der Waals surface area contributed by atoms with Crippen molar-refractivity contribution in [2.24, 2.45) is 12.8 Å². The normalized spacial score (nSPS) is 18.8. The third-order valence-electron chi connectivity index (χ3n) is 7.04. The lowest BCUT2D eigenvalue weighted by Gasteiger charge is -2.39. The molecule has 0 bridgehead atoms. The number of imidazole rings is 1. The minimum Gasteiger partial charge on any atom is -0.447 e. The second-order valence-electron chi connectivity index (χ2n) is 9.93. The molecule has 1 amide bonds. The molecule has 8 heteroatoms. The number of amides is 1. The highest BCUT2D eigenvalue weighted by molar-refractivity contribution is 5.88. The van der Waals surface area contributed by atoms with Gasteiger partial charge in [0.25, 0.3) is 0 Å². The largest absolute Gasteiger partial charge is 0.447 e. The molecule has 1 aromatic carbocycles. The van der Waals surface area contributed by atoms with E-state index >= 15 is 0 Å². The standard InChI is InChI=1S/C28H34N6O2/c1-18(2)36-28(35)34-12-10-33(11-13-34)27-21-8-7-19(3)14-22(21)23(15-20-6-5-9-31-26(20)27)25(29)24-16-30-17-32(24)4/h5-9,14-18,25,27H,10-13,29H2,1-4H3/t25?,27-/m0/s1. The second-order valence-corrected chi connectivity index (χ2v) is 9.93. The smallest absolute Gasteiger partial charge is 0.410 e. The molecule has 1 aliphatic carbocycles. The molecule has 1 saturated heterocycles. The van der Waals surface area contributed by atoms with E-state index in [1.807, 2.05) is 43.9 Å². The number of nitrogens with two attached hydrogens (primary N) is 1. The van der Waals surface area contributed by atoms with Crippen LogP contribution in [0.1, 0.15) is 59.6 Å². The summed E-state index contributed by atoms with van der Waals surface area (Å²) in [7, 11) is 1.97. The van der Waals surface area contributed by atoms with Gasteiger partial charge in [0.05, 0.1) is 42.1 Å². The van der Waals surface area contributed by atoms with E-state index in [-0.39, 0.29) is 24.3 Å². The van der Waals surface area contributed by atoms with Gasteiger partial charge >= 0.3 is 6.09 Å². The minimum atomic E-state index is -0.340. The van der Waals surface area contributed by atoms with Crippen molar-refractivity contribution in [1.29, 1.82) is 0 Å². The molecule has 1 aliphatic heterocycles. The Morgan fingerprint density at radius 1 is 1.17 bits per heavy atom. The second kappa shape index (κ2) is 9.87. The molecule has 0 saturated carbocycles. The van der Waals surface area contributed by atoms with Gasteiger partial charge in [-0.15, -0.1) is 0 Å². The quantitative estimate of drug-likeness (QED) is 0.601. The third-order valence-corrected chi connectivity index (χ3v) is 7.04. The van der Waals surface area contributed by atoms with Crippen molar-refractivity contribution in [3.05, 3.63) is 82.7 Å². The van der Waals surface area contributed by atoms with Gasteiger partial charge in [0, 0.05) is 39.4 Å². The highest BCUT2D eigenvalue weighted by atomic mass is 16.6. The van der Waals surface area contributed by atoms with Crippen LogP contribution in [0.3, 0.4) is 0 Å². The van der Waals surface area contributed by atoms with Crippen LogP contribution in [0, 0.1) is 6.92 Å². The van der Waals surface area contributed by atoms with Crippen LogP contribution in [0.15, 0.2) is 49.1 Å². The van der Waals surface area contributed by atoms with E-state index in [0.717, 1.165) is 41.2 Å². The molecule has 2 aromatic heterocycles. The first-order valence-electron chi connectivity index (χ1n) is 12.5. The first-order valence-corrected chi connectivity index (χ1v) is 12.5. The predicted octanol–water partition coefficient (Wildman–Crippen LogP) is 3.93. The van der Waals surface area contributed by atoms with Crippen molar-refractivity contribution in [1.82, 2.24) is 24.3 Å². The van der Waals surface area contributed by atoms with Crippen molar-refractivity contribution in [2.75, 3.05) is 26.2 Å². The van der Waals surface area contributed by atoms with E-state index in [0.29, 0.717) is 13.1 Å². The summed E-state index contributed by atoms with van der Waals surface area (Å²) in [5.41, 5.74) is 14.5. The van der Waals surface area contributed by atoms with Crippen LogP contribution in [0.25, 0.3) is 11.6 Å². The number of aryl methyl sites for hydroxylation is 2. The Hall–Kier alpha value is -3.49. The molecular formula is C28H34N6O2. The van der Waals surface area contributed by atoms with Gasteiger partial charge in [0.15, 0.2) is 0 Å². The predicted molar refractivity (Wildman–Crippen MR) is 140 cm³/mol. The van der Waals surface area contributed by atoms with E-state index in [1.165, 1.54) is 11.1 Å². The third kappa shape index (κ3) is 4.54. The number of carbonyl (C=O) groups excluding carboxylic acids is 1. The molecule has 188 valence electrons. The summed E-state index contributed by atoms with van der Waals surface area (Å²) in [6.45, 7) is 8.54. The first kappa shape index (κ1) is 24.2. The van der Waals surface area contributed by atoms with Crippen LogP contribution >= 0.6 is 0 Å². The Morgan fingerprint density at radius 3 is 2.64 bits per heavy atom. The van der Waals surface area contributed by atoms with E-state index < -0.39 is 0 Å². The number of carbonyl (C=O) groups is 1. The summed E-state index contributed by atoms with van der Waals surface area (Å²) in [5.74, 6) is 0. The molecular weight excluding hydrogens is 452 g/mol. The Morgan fingerprint density at radius 2 is 1.94 bits per heavy atom. The van der Waals surface area contributed by atoms with Gasteiger partial charge in [0.1, 0.15) is 0 Å². The Balaban J connectivity index is 1.55. The summed E-state index contributed by atoms with van der Waals surface area (Å²) in [6, 6.07) is 10.3. The van der Waals surface area contributed by atoms with Crippen molar-refractivity contribution < 1.29 is 9.53 Å². The van der Waals surface area contributed by atoms with E-state index in [1.54, 1.807) is 11.2 Å². The number of hydrogen-bond donors (Lipinski definition) is 1. The van der Waals surface area contributed by atoms with Crippen LogP contribution in [-0.2, 0) is 11.8 Å². The molecule has 0 radical (unpaired) electrons. The van der Waals surface area contributed by atoms with Gasteiger partial charge in [-0.1, -0.05) is 29.8 Å². The zero-order chi connectivity index (χ0) is 25.4. The Bertz CT molecular complexity index is 1290. The maximum atomic E-state index is 12.5. The number of aromatic nitrogens is 3. The number of fused-ring (bicyclic) bond motifs is 2. The monoisotopic (exact) mass is 486 g/mol. The topological polar surface area (TPSA) is 89.5 Å². The molecule has 2 atom stereocenters. The van der Waals surface area contributed by atoms with Crippen LogP contribution in [0.2, 0.25) is 0 Å². The molecule has 5 rings (SSSR count). The number of piperazine rings is 1. The SMILES string of the molecule is Cc1ccc2c(c1)C(C(N)c1cncn1C)=Cc1cccnc1[C@H]2N1CCN(C(=O)OC(C)C)CC1. The van der Waals surface area contributed by atoms with E-state index in [4.69, 9.17) is 15.5 Å². The summed E-state index contributed by atoms with van der Waals surface area (Å²) >= 11 is 0. The molecule has 2 N–H and O–H groups in total. The van der Waals surface area contributed by atoms with Gasteiger partial charge in [-0.3, -0.25) is 9.88 Å². The van der Waals surface area contributed by atoms with Crippen LogP contribution < -0.4 is 5.73 Å². The zero-order valence-electron chi connectivity index (χ0n) is 21.4. The molecule has 2 aliphatic rings. The molecule has 3 heterocycles. The molecule has 1 fully saturated rings. The van der Waals surface area contributed by atoms with Gasteiger partial charge in [-0.25, -0.2) is 9.78 Å². The van der Waals surface area contributed by atoms with Crippen LogP contribution in [0.5, 0.6) is 0 Å². The number of hydrogen-bond acceptors (Lipinski definition) is 6. The number of pyridine rings is 1. The average Bonchev–Trinajstić information content (AvgIpc) is 3.23. The summed E-state index contributed by atoms with van der Waals surface area (Å²) < 4.78 is 7.40. The van der Waals surface area contributed by atoms with Crippen molar-refractivity contribution in [2.45, 2.75) is 39.0 Å². The Kier molecular flexibility index (Phi) is 6.64. The van der Waals surface area contributed by atoms with E-state index in [2.05, 4.69) is 47.1 Å². The Labute approximate surface area is 212 Å². The molecule has 1 unspecified atom stereocenters.